The lowest BCUT2D eigenvalue weighted by Crippen LogP contribution is -2.47. The molecule has 34 heavy (non-hydrogen) atoms. The van der Waals surface area contributed by atoms with Crippen molar-refractivity contribution in [1.29, 1.82) is 0 Å². The average molecular weight is 460 g/mol. The van der Waals surface area contributed by atoms with E-state index in [2.05, 4.69) is 16.0 Å². The van der Waals surface area contributed by atoms with Crippen molar-refractivity contribution >= 4 is 29.1 Å². The van der Waals surface area contributed by atoms with E-state index in [-0.39, 0.29) is 23.3 Å². The van der Waals surface area contributed by atoms with Crippen molar-refractivity contribution in [2.75, 3.05) is 17.7 Å². The summed E-state index contributed by atoms with van der Waals surface area (Å²) in [6.07, 6.45) is 0. The molecule has 176 valence electrons. The molecule has 3 rings (SSSR count). The number of para-hydroxylation sites is 1. The molecule has 0 aromatic heterocycles. The zero-order chi connectivity index (χ0) is 24.7. The van der Waals surface area contributed by atoms with Crippen LogP contribution in [-0.2, 0) is 4.79 Å². The monoisotopic (exact) mass is 459 g/mol. The lowest BCUT2D eigenvalue weighted by atomic mass is 10.0. The summed E-state index contributed by atoms with van der Waals surface area (Å²) >= 11 is 0. The van der Waals surface area contributed by atoms with Gasteiger partial charge in [-0.2, -0.15) is 0 Å². The Labute approximate surface area is 199 Å². The van der Waals surface area contributed by atoms with E-state index < -0.39 is 11.9 Å². The maximum Gasteiger partial charge on any atom is 0.255 e. The van der Waals surface area contributed by atoms with Gasteiger partial charge < -0.3 is 20.7 Å². The van der Waals surface area contributed by atoms with Crippen LogP contribution in [0.15, 0.2) is 72.8 Å². The zero-order valence-electron chi connectivity index (χ0n) is 19.7. The average Bonchev–Trinajstić information content (AvgIpc) is 2.83. The first-order valence-electron chi connectivity index (χ1n) is 11.0. The van der Waals surface area contributed by atoms with Crippen LogP contribution < -0.4 is 20.7 Å². The Hall–Kier alpha value is -4.13. The second kappa shape index (κ2) is 11.1. The van der Waals surface area contributed by atoms with Crippen LogP contribution in [0.25, 0.3) is 0 Å². The van der Waals surface area contributed by atoms with Gasteiger partial charge in [-0.15, -0.1) is 0 Å². The maximum atomic E-state index is 13.1. The lowest BCUT2D eigenvalue weighted by molar-refractivity contribution is -0.118. The molecule has 0 radical (unpaired) electrons. The highest BCUT2D eigenvalue weighted by Gasteiger charge is 2.26. The first-order valence-corrected chi connectivity index (χ1v) is 11.0. The maximum absolute atomic E-state index is 13.1. The van der Waals surface area contributed by atoms with Gasteiger partial charge in [0.25, 0.3) is 11.8 Å². The molecule has 0 bridgehead atoms. The van der Waals surface area contributed by atoms with Crippen molar-refractivity contribution in [3.63, 3.8) is 0 Å². The number of rotatable bonds is 8. The Balaban J connectivity index is 1.74. The molecule has 3 amide bonds. The normalized spacial score (nSPS) is 11.4. The smallest absolute Gasteiger partial charge is 0.255 e. The van der Waals surface area contributed by atoms with Crippen LogP contribution in [0.5, 0.6) is 5.75 Å². The fourth-order valence-electron chi connectivity index (χ4n) is 3.34. The summed E-state index contributed by atoms with van der Waals surface area (Å²) in [5.74, 6) is -0.647. The van der Waals surface area contributed by atoms with Gasteiger partial charge in [0, 0.05) is 11.3 Å². The van der Waals surface area contributed by atoms with Gasteiger partial charge in [-0.3, -0.25) is 14.4 Å². The molecule has 0 saturated carbocycles. The molecule has 0 heterocycles. The molecular formula is C27H29N3O4. The molecule has 1 atom stereocenters. The van der Waals surface area contributed by atoms with Gasteiger partial charge in [0.2, 0.25) is 5.91 Å². The summed E-state index contributed by atoms with van der Waals surface area (Å²) < 4.78 is 5.12. The van der Waals surface area contributed by atoms with E-state index in [1.165, 1.54) is 0 Å². The Morgan fingerprint density at radius 3 is 2.06 bits per heavy atom. The fraction of sp³-hybridized carbons (Fsp3) is 0.222. The summed E-state index contributed by atoms with van der Waals surface area (Å²) in [6.45, 7) is 5.68. The van der Waals surface area contributed by atoms with E-state index in [0.29, 0.717) is 22.7 Å². The van der Waals surface area contributed by atoms with E-state index in [1.807, 2.05) is 45.0 Å². The summed E-state index contributed by atoms with van der Waals surface area (Å²) in [5, 5.41) is 8.45. The molecule has 0 aliphatic rings. The van der Waals surface area contributed by atoms with Crippen molar-refractivity contribution in [3.05, 3.63) is 89.5 Å². The van der Waals surface area contributed by atoms with Gasteiger partial charge in [0.1, 0.15) is 11.8 Å². The molecule has 7 nitrogen and oxygen atoms in total. The molecule has 0 aliphatic heterocycles. The summed E-state index contributed by atoms with van der Waals surface area (Å²) in [6, 6.07) is 20.0. The van der Waals surface area contributed by atoms with Crippen LogP contribution in [0.1, 0.15) is 40.1 Å². The van der Waals surface area contributed by atoms with Gasteiger partial charge in [-0.1, -0.05) is 43.7 Å². The van der Waals surface area contributed by atoms with Gasteiger partial charge >= 0.3 is 0 Å². The zero-order valence-corrected chi connectivity index (χ0v) is 19.7. The predicted octanol–water partition coefficient (Wildman–Crippen LogP) is 4.65. The van der Waals surface area contributed by atoms with E-state index in [9.17, 15) is 14.4 Å². The number of nitrogens with one attached hydrogen (secondary N) is 3. The first kappa shape index (κ1) is 24.5. The SMILES string of the molecule is COc1ccc(C(=O)Nc2ccccc2C(=O)N[C@H](C(=O)Nc2ccc(C)cc2)C(C)C)cc1. The van der Waals surface area contributed by atoms with Crippen LogP contribution >= 0.6 is 0 Å². The van der Waals surface area contributed by atoms with Crippen molar-refractivity contribution in [2.45, 2.75) is 26.8 Å². The number of carbonyl (C=O) groups is 3. The molecule has 3 aromatic carbocycles. The third-order valence-electron chi connectivity index (χ3n) is 5.33. The fourth-order valence-corrected chi connectivity index (χ4v) is 3.34. The first-order chi connectivity index (χ1) is 16.3. The number of amides is 3. The van der Waals surface area contributed by atoms with Crippen LogP contribution in [0.4, 0.5) is 11.4 Å². The number of hydrogen-bond donors (Lipinski definition) is 3. The van der Waals surface area contributed by atoms with Crippen LogP contribution in [-0.4, -0.2) is 30.9 Å². The number of ether oxygens (including phenoxy) is 1. The van der Waals surface area contributed by atoms with Crippen LogP contribution in [0.3, 0.4) is 0 Å². The highest BCUT2D eigenvalue weighted by Crippen LogP contribution is 2.19. The quantitative estimate of drug-likeness (QED) is 0.457. The Bertz CT molecular complexity index is 1160. The molecule has 7 heteroatoms. The molecule has 3 N–H and O–H groups in total. The minimum atomic E-state index is -0.765. The highest BCUT2D eigenvalue weighted by atomic mass is 16.5. The van der Waals surface area contributed by atoms with Crippen LogP contribution in [0, 0.1) is 12.8 Å². The third kappa shape index (κ3) is 6.22. The van der Waals surface area contributed by atoms with Crippen molar-refractivity contribution in [3.8, 4) is 5.75 Å². The summed E-state index contributed by atoms with van der Waals surface area (Å²) in [7, 11) is 1.55. The van der Waals surface area contributed by atoms with Crippen molar-refractivity contribution < 1.29 is 19.1 Å². The van der Waals surface area contributed by atoms with Gasteiger partial charge in [0.05, 0.1) is 18.4 Å². The molecule has 0 fully saturated rings. The van der Waals surface area contributed by atoms with Crippen molar-refractivity contribution in [1.82, 2.24) is 5.32 Å². The van der Waals surface area contributed by atoms with E-state index in [4.69, 9.17) is 4.74 Å². The minimum absolute atomic E-state index is 0.157. The standard InChI is InChI=1S/C27H29N3O4/c1-17(2)24(27(33)28-20-13-9-18(3)10-14-20)30-26(32)22-7-5-6-8-23(22)29-25(31)19-11-15-21(34-4)16-12-19/h5-17,24H,1-4H3,(H,28,33)(H,29,31)(H,30,32)/t24-/m0/s1. The van der Waals surface area contributed by atoms with Gasteiger partial charge in [-0.05, 0) is 61.4 Å². The topological polar surface area (TPSA) is 96.5 Å². The second-order valence-corrected chi connectivity index (χ2v) is 8.28. The number of anilines is 2. The molecule has 0 spiro atoms. The number of hydrogen-bond acceptors (Lipinski definition) is 4. The largest absolute Gasteiger partial charge is 0.497 e. The van der Waals surface area contributed by atoms with Gasteiger partial charge in [-0.25, -0.2) is 0 Å². The summed E-state index contributed by atoms with van der Waals surface area (Å²) in [4.78, 5) is 38.7. The Morgan fingerprint density at radius 1 is 0.794 bits per heavy atom. The van der Waals surface area contributed by atoms with E-state index >= 15 is 0 Å². The molecule has 0 aliphatic carbocycles. The molecule has 0 unspecified atom stereocenters. The number of benzene rings is 3. The second-order valence-electron chi connectivity index (χ2n) is 8.28. The number of carbonyl (C=O) groups excluding carboxylic acids is 3. The highest BCUT2D eigenvalue weighted by molar-refractivity contribution is 6.10. The van der Waals surface area contributed by atoms with E-state index in [1.54, 1.807) is 55.6 Å². The molecular weight excluding hydrogens is 430 g/mol. The summed E-state index contributed by atoms with van der Waals surface area (Å²) in [5.41, 5.74) is 2.77. The van der Waals surface area contributed by atoms with Crippen LogP contribution in [0.2, 0.25) is 0 Å². The number of aryl methyl sites for hydroxylation is 1. The van der Waals surface area contributed by atoms with Crippen molar-refractivity contribution in [2.24, 2.45) is 5.92 Å². The molecule has 0 saturated heterocycles. The number of methoxy groups -OCH3 is 1. The minimum Gasteiger partial charge on any atom is -0.497 e. The van der Waals surface area contributed by atoms with Gasteiger partial charge in [0.15, 0.2) is 0 Å². The third-order valence-corrected chi connectivity index (χ3v) is 5.33. The van der Waals surface area contributed by atoms with E-state index in [0.717, 1.165) is 5.56 Å². The molecule has 3 aromatic rings. The predicted molar refractivity (Wildman–Crippen MR) is 133 cm³/mol. The Morgan fingerprint density at radius 2 is 1.44 bits per heavy atom. The Kier molecular flexibility index (Phi) is 8.03. The lowest BCUT2D eigenvalue weighted by Gasteiger charge is -2.22.